The summed E-state index contributed by atoms with van der Waals surface area (Å²) in [4.78, 5) is 7.82. The number of ether oxygens (including phenoxy) is 2. The molecule has 6 rings (SSSR count). The van der Waals surface area contributed by atoms with Gasteiger partial charge in [-0.3, -0.25) is 4.98 Å². The molecule has 6 nitrogen and oxygen atoms in total. The number of benzene rings is 3. The Labute approximate surface area is 236 Å². The highest BCUT2D eigenvalue weighted by molar-refractivity contribution is 7.99. The Morgan fingerprint density at radius 3 is 2.21 bits per heavy atom. The monoisotopic (exact) mass is 551 g/mol. The molecule has 3 heterocycles. The Balaban J connectivity index is 1.29. The van der Waals surface area contributed by atoms with E-state index in [4.69, 9.17) is 26.1 Å². The summed E-state index contributed by atoms with van der Waals surface area (Å²) in [6.45, 7) is 0. The van der Waals surface area contributed by atoms with Crippen LogP contribution in [-0.4, -0.2) is 17.2 Å². The molecule has 8 heteroatoms. The van der Waals surface area contributed by atoms with E-state index in [0.29, 0.717) is 5.11 Å². The molecule has 0 bridgehead atoms. The molecule has 1 saturated heterocycles. The van der Waals surface area contributed by atoms with Crippen molar-refractivity contribution >= 4 is 34.8 Å². The molecule has 194 valence electrons. The van der Waals surface area contributed by atoms with Crippen LogP contribution in [0.15, 0.2) is 130 Å². The van der Waals surface area contributed by atoms with Gasteiger partial charge in [-0.1, -0.05) is 36.0 Å². The molecule has 2 atom stereocenters. The van der Waals surface area contributed by atoms with Crippen molar-refractivity contribution in [2.45, 2.75) is 22.1 Å². The van der Waals surface area contributed by atoms with Crippen LogP contribution in [0.25, 0.3) is 0 Å². The van der Waals surface area contributed by atoms with Crippen molar-refractivity contribution in [1.29, 1.82) is 0 Å². The van der Waals surface area contributed by atoms with Gasteiger partial charge in [0.25, 0.3) is 0 Å². The van der Waals surface area contributed by atoms with Crippen molar-refractivity contribution in [3.05, 3.63) is 127 Å². The minimum Gasteiger partial charge on any atom is -0.497 e. The van der Waals surface area contributed by atoms with Crippen molar-refractivity contribution < 1.29 is 13.9 Å². The molecule has 1 aliphatic heterocycles. The zero-order valence-corrected chi connectivity index (χ0v) is 22.7. The van der Waals surface area contributed by atoms with E-state index in [0.717, 1.165) is 44.4 Å². The lowest BCUT2D eigenvalue weighted by molar-refractivity contribution is 0.383. The van der Waals surface area contributed by atoms with E-state index in [1.54, 1.807) is 25.1 Å². The number of hydrogen-bond donors (Lipinski definition) is 1. The Morgan fingerprint density at radius 1 is 0.821 bits per heavy atom. The summed E-state index contributed by atoms with van der Waals surface area (Å²) < 4.78 is 17.7. The molecule has 1 N–H and O–H groups in total. The molecule has 0 spiro atoms. The third kappa shape index (κ3) is 5.48. The first-order chi connectivity index (χ1) is 19.2. The van der Waals surface area contributed by atoms with Crippen LogP contribution >= 0.6 is 24.0 Å². The summed E-state index contributed by atoms with van der Waals surface area (Å²) in [5.41, 5.74) is 1.81. The number of nitrogens with one attached hydrogen (secondary N) is 1. The van der Waals surface area contributed by atoms with Gasteiger partial charge in [-0.05, 0) is 97.1 Å². The molecule has 1 fully saturated rings. The summed E-state index contributed by atoms with van der Waals surface area (Å²) in [6.07, 6.45) is 1.80. The lowest BCUT2D eigenvalue weighted by Crippen LogP contribution is -2.29. The minimum atomic E-state index is -0.231. The number of thiocarbonyl (C=S) groups is 1. The van der Waals surface area contributed by atoms with Gasteiger partial charge < -0.3 is 24.1 Å². The van der Waals surface area contributed by atoms with Gasteiger partial charge in [0.15, 0.2) is 10.2 Å². The van der Waals surface area contributed by atoms with Crippen molar-refractivity contribution in [2.75, 3.05) is 12.0 Å². The maximum Gasteiger partial charge on any atom is 0.174 e. The topological polar surface area (TPSA) is 59.8 Å². The van der Waals surface area contributed by atoms with E-state index < -0.39 is 0 Å². The Morgan fingerprint density at radius 2 is 1.51 bits per heavy atom. The van der Waals surface area contributed by atoms with Crippen molar-refractivity contribution in [3.8, 4) is 17.2 Å². The summed E-state index contributed by atoms with van der Waals surface area (Å²) in [7, 11) is 1.64. The van der Waals surface area contributed by atoms with Gasteiger partial charge in [0.2, 0.25) is 0 Å². The van der Waals surface area contributed by atoms with Gasteiger partial charge in [0, 0.05) is 16.8 Å². The van der Waals surface area contributed by atoms with E-state index in [1.807, 2.05) is 97.1 Å². The average Bonchev–Trinajstić information content (AvgIpc) is 3.58. The quantitative estimate of drug-likeness (QED) is 0.196. The number of rotatable bonds is 8. The van der Waals surface area contributed by atoms with Gasteiger partial charge in [-0.2, -0.15) is 0 Å². The Hall–Kier alpha value is -4.27. The standard InChI is InChI=1S/C31H25N3O3S2/c1-35-22-14-16-24(17-15-22)36-23-12-10-21(11-13-23)34-30(29(33-31(34)38)26-9-5-6-20-32-26)27-18-19-28(37-27)39-25-7-3-2-4-8-25/h2-20,29-30H,1H3,(H,33,38)/t29-,30+/m1/s1. The fourth-order valence-electron chi connectivity index (χ4n) is 4.53. The number of anilines is 1. The normalized spacial score (nSPS) is 16.6. The predicted molar refractivity (Wildman–Crippen MR) is 157 cm³/mol. The van der Waals surface area contributed by atoms with Crippen molar-refractivity contribution in [2.24, 2.45) is 0 Å². The van der Waals surface area contributed by atoms with Gasteiger partial charge in [-0.15, -0.1) is 0 Å². The molecule has 0 radical (unpaired) electrons. The largest absolute Gasteiger partial charge is 0.497 e. The van der Waals surface area contributed by atoms with E-state index >= 15 is 0 Å². The van der Waals surface area contributed by atoms with E-state index in [2.05, 4.69) is 27.3 Å². The third-order valence-corrected chi connectivity index (χ3v) is 7.61. The zero-order chi connectivity index (χ0) is 26.6. The second-order valence-corrected chi connectivity index (χ2v) is 10.3. The van der Waals surface area contributed by atoms with Crippen LogP contribution in [0, 0.1) is 0 Å². The fourth-order valence-corrected chi connectivity index (χ4v) is 5.67. The molecule has 0 unspecified atom stereocenters. The summed E-state index contributed by atoms with van der Waals surface area (Å²) in [6, 6.07) is 35.1. The van der Waals surface area contributed by atoms with Crippen LogP contribution in [0.4, 0.5) is 5.69 Å². The second-order valence-electron chi connectivity index (χ2n) is 8.84. The molecular weight excluding hydrogens is 526 g/mol. The van der Waals surface area contributed by atoms with E-state index in [-0.39, 0.29) is 12.1 Å². The Bertz CT molecular complexity index is 1540. The van der Waals surface area contributed by atoms with Crippen LogP contribution in [0.3, 0.4) is 0 Å². The zero-order valence-electron chi connectivity index (χ0n) is 21.1. The molecule has 3 aromatic carbocycles. The highest BCUT2D eigenvalue weighted by Crippen LogP contribution is 2.43. The number of nitrogens with zero attached hydrogens (tertiary/aromatic N) is 2. The summed E-state index contributed by atoms with van der Waals surface area (Å²) in [5.74, 6) is 3.04. The van der Waals surface area contributed by atoms with Crippen molar-refractivity contribution in [3.63, 3.8) is 0 Å². The highest BCUT2D eigenvalue weighted by Gasteiger charge is 2.42. The molecular formula is C31H25N3O3S2. The van der Waals surface area contributed by atoms with Crippen LogP contribution in [-0.2, 0) is 0 Å². The highest BCUT2D eigenvalue weighted by atomic mass is 32.2. The maximum atomic E-state index is 6.40. The fraction of sp³-hybridized carbons (Fsp3) is 0.0968. The number of aromatic nitrogens is 1. The minimum absolute atomic E-state index is 0.186. The number of furan rings is 1. The second kappa shape index (κ2) is 11.2. The number of pyridine rings is 1. The lowest BCUT2D eigenvalue weighted by Gasteiger charge is -2.26. The molecule has 39 heavy (non-hydrogen) atoms. The lowest BCUT2D eigenvalue weighted by atomic mass is 10.0. The van der Waals surface area contributed by atoms with E-state index in [9.17, 15) is 0 Å². The molecule has 0 saturated carbocycles. The number of hydrogen-bond acceptors (Lipinski definition) is 6. The van der Waals surface area contributed by atoms with Gasteiger partial charge in [-0.25, -0.2) is 0 Å². The first-order valence-corrected chi connectivity index (χ1v) is 13.7. The van der Waals surface area contributed by atoms with Crippen LogP contribution in [0.1, 0.15) is 23.5 Å². The molecule has 0 aliphatic carbocycles. The first-order valence-electron chi connectivity index (χ1n) is 12.4. The van der Waals surface area contributed by atoms with Gasteiger partial charge >= 0.3 is 0 Å². The van der Waals surface area contributed by atoms with Crippen LogP contribution in [0.2, 0.25) is 0 Å². The molecule has 0 amide bonds. The Kier molecular flexibility index (Phi) is 7.21. The van der Waals surface area contributed by atoms with Gasteiger partial charge in [0.1, 0.15) is 29.1 Å². The summed E-state index contributed by atoms with van der Waals surface area (Å²) >= 11 is 7.44. The SMILES string of the molecule is COc1ccc(Oc2ccc(N3C(=S)N[C@H](c4ccccn4)[C@@H]3c3ccc(Sc4ccccc4)o3)cc2)cc1. The predicted octanol–water partition coefficient (Wildman–Crippen LogP) is 7.80. The third-order valence-electron chi connectivity index (χ3n) is 6.36. The smallest absolute Gasteiger partial charge is 0.174 e. The number of methoxy groups -OCH3 is 1. The van der Waals surface area contributed by atoms with E-state index in [1.165, 1.54) is 0 Å². The average molecular weight is 552 g/mol. The molecule has 1 aliphatic rings. The maximum absolute atomic E-state index is 6.40. The van der Waals surface area contributed by atoms with Crippen LogP contribution < -0.4 is 19.7 Å². The van der Waals surface area contributed by atoms with Gasteiger partial charge in [0.05, 0.1) is 18.8 Å². The summed E-state index contributed by atoms with van der Waals surface area (Å²) in [5, 5.41) is 4.90. The first kappa shape index (κ1) is 25.0. The van der Waals surface area contributed by atoms with Crippen LogP contribution in [0.5, 0.6) is 17.2 Å². The molecule has 5 aromatic rings. The van der Waals surface area contributed by atoms with Crippen molar-refractivity contribution in [1.82, 2.24) is 10.3 Å². The molecule has 2 aromatic heterocycles.